The van der Waals surface area contributed by atoms with E-state index >= 15 is 0 Å². The largest absolute Gasteiger partial charge is 0.488 e. The van der Waals surface area contributed by atoms with Gasteiger partial charge in [0.25, 0.3) is 0 Å². The molecule has 8 heteroatoms. The number of nitrogens with zero attached hydrogens (tertiary/aromatic N) is 1. The van der Waals surface area contributed by atoms with Gasteiger partial charge in [-0.05, 0) is 36.0 Å². The Kier molecular flexibility index (Phi) is 2.77. The number of fused-ring (bicyclic) bond motifs is 1. The van der Waals surface area contributed by atoms with Gasteiger partial charge >= 0.3 is 11.4 Å². The minimum Gasteiger partial charge on any atom is -0.434 e. The van der Waals surface area contributed by atoms with Gasteiger partial charge in [-0.3, -0.25) is 0 Å². The van der Waals surface area contributed by atoms with E-state index in [1.165, 1.54) is 6.07 Å². The fraction of sp³-hybridized carbons (Fsp3) is 0.222. The topological polar surface area (TPSA) is 30.8 Å². The molecule has 0 amide bonds. The van der Waals surface area contributed by atoms with Crippen LogP contribution in [0.2, 0.25) is 0 Å². The van der Waals surface area contributed by atoms with Crippen molar-refractivity contribution in [3.63, 3.8) is 0 Å². The summed E-state index contributed by atoms with van der Waals surface area (Å²) in [5.74, 6) is -0.632. The SMILES string of the molecule is FC1(F)Oc2ccc(N=C=S)cc2OC1(F)Cl. The number of rotatable bonds is 1. The molecule has 1 heterocycles. The first-order valence-corrected chi connectivity index (χ1v) is 5.00. The summed E-state index contributed by atoms with van der Waals surface area (Å²) in [7, 11) is 0. The maximum Gasteiger partial charge on any atom is 0.488 e. The van der Waals surface area contributed by atoms with E-state index in [0.29, 0.717) is 0 Å². The zero-order valence-corrected chi connectivity index (χ0v) is 9.49. The van der Waals surface area contributed by atoms with Crippen molar-refractivity contribution in [3.05, 3.63) is 18.2 Å². The monoisotopic (exact) mass is 281 g/mol. The van der Waals surface area contributed by atoms with Crippen LogP contribution in [0.25, 0.3) is 0 Å². The van der Waals surface area contributed by atoms with E-state index in [4.69, 9.17) is 11.6 Å². The van der Waals surface area contributed by atoms with Gasteiger partial charge in [-0.25, -0.2) is 0 Å². The molecule has 0 N–H and O–H groups in total. The molecule has 0 aliphatic carbocycles. The third-order valence-electron chi connectivity index (χ3n) is 1.92. The predicted octanol–water partition coefficient (Wildman–Crippen LogP) is 3.65. The van der Waals surface area contributed by atoms with Gasteiger partial charge in [0, 0.05) is 6.07 Å². The Bertz CT molecular complexity index is 517. The smallest absolute Gasteiger partial charge is 0.434 e. The van der Waals surface area contributed by atoms with Gasteiger partial charge in [-0.1, -0.05) is 0 Å². The predicted molar refractivity (Wildman–Crippen MR) is 57.0 cm³/mol. The molecular formula is C9H3ClF3NO2S. The van der Waals surface area contributed by atoms with Gasteiger partial charge in [0.15, 0.2) is 11.5 Å². The Balaban J connectivity index is 2.46. The number of ether oxygens (including phenoxy) is 2. The van der Waals surface area contributed by atoms with Crippen molar-refractivity contribution in [3.8, 4) is 11.5 Å². The lowest BCUT2D eigenvalue weighted by Crippen LogP contribution is -2.51. The first-order valence-electron chi connectivity index (χ1n) is 4.21. The van der Waals surface area contributed by atoms with Crippen molar-refractivity contribution in [2.45, 2.75) is 11.4 Å². The van der Waals surface area contributed by atoms with Gasteiger partial charge < -0.3 is 9.47 Å². The molecule has 2 rings (SSSR count). The second-order valence-electron chi connectivity index (χ2n) is 3.07. The molecule has 0 bridgehead atoms. The number of hydrogen-bond donors (Lipinski definition) is 0. The normalized spacial score (nSPS) is 24.9. The highest BCUT2D eigenvalue weighted by atomic mass is 35.5. The van der Waals surface area contributed by atoms with Crippen LogP contribution in [0.1, 0.15) is 0 Å². The van der Waals surface area contributed by atoms with E-state index in [1.54, 1.807) is 0 Å². The number of halogens is 4. The van der Waals surface area contributed by atoms with E-state index in [-0.39, 0.29) is 17.2 Å². The molecule has 1 unspecified atom stereocenters. The summed E-state index contributed by atoms with van der Waals surface area (Å²) in [6.07, 6.45) is -4.28. The number of benzene rings is 1. The zero-order valence-electron chi connectivity index (χ0n) is 7.92. The van der Waals surface area contributed by atoms with Gasteiger partial charge in [0.2, 0.25) is 0 Å². The lowest BCUT2D eigenvalue weighted by Gasteiger charge is -2.33. The number of isothiocyanates is 1. The third kappa shape index (κ3) is 2.09. The molecule has 0 fully saturated rings. The Morgan fingerprint density at radius 3 is 2.59 bits per heavy atom. The molecule has 3 nitrogen and oxygen atoms in total. The second-order valence-corrected chi connectivity index (χ2v) is 3.74. The minimum absolute atomic E-state index is 0.250. The number of aliphatic imine (C=N–C) groups is 1. The van der Waals surface area contributed by atoms with E-state index in [0.717, 1.165) is 12.1 Å². The summed E-state index contributed by atoms with van der Waals surface area (Å²) in [6, 6.07) is 3.62. The highest BCUT2D eigenvalue weighted by molar-refractivity contribution is 7.78. The third-order valence-corrected chi connectivity index (χ3v) is 2.31. The summed E-state index contributed by atoms with van der Waals surface area (Å²) in [5, 5.41) is -1.70. The van der Waals surface area contributed by atoms with Crippen LogP contribution >= 0.6 is 23.8 Å². The molecule has 1 atom stereocenters. The van der Waals surface area contributed by atoms with Crippen molar-refractivity contribution < 1.29 is 22.6 Å². The van der Waals surface area contributed by atoms with Crippen molar-refractivity contribution >= 4 is 34.7 Å². The van der Waals surface area contributed by atoms with E-state index in [9.17, 15) is 13.2 Å². The molecular weight excluding hydrogens is 279 g/mol. The maximum atomic E-state index is 13.2. The summed E-state index contributed by atoms with van der Waals surface area (Å²) < 4.78 is 47.7. The van der Waals surface area contributed by atoms with Crippen LogP contribution in [0.5, 0.6) is 11.5 Å². The van der Waals surface area contributed by atoms with Gasteiger partial charge in [-0.15, -0.1) is 0 Å². The van der Waals surface area contributed by atoms with Gasteiger partial charge in [-0.2, -0.15) is 18.2 Å². The maximum absolute atomic E-state index is 13.2. The van der Waals surface area contributed by atoms with Crippen LogP contribution in [-0.4, -0.2) is 16.6 Å². The van der Waals surface area contributed by atoms with Crippen LogP contribution < -0.4 is 9.47 Å². The molecule has 1 aromatic rings. The fourth-order valence-corrected chi connectivity index (χ4v) is 1.41. The molecule has 0 radical (unpaired) electrons. The van der Waals surface area contributed by atoms with E-state index in [2.05, 4.69) is 31.8 Å². The number of alkyl halides is 4. The average Bonchev–Trinajstić information content (AvgIpc) is 2.20. The summed E-state index contributed by atoms with van der Waals surface area (Å²) >= 11 is 9.25. The lowest BCUT2D eigenvalue weighted by molar-refractivity contribution is -0.303. The fourth-order valence-electron chi connectivity index (χ4n) is 1.18. The van der Waals surface area contributed by atoms with Gasteiger partial charge in [0.05, 0.1) is 10.8 Å². The van der Waals surface area contributed by atoms with Crippen LogP contribution in [-0.2, 0) is 0 Å². The first kappa shape index (κ1) is 12.2. The molecule has 0 spiro atoms. The van der Waals surface area contributed by atoms with Gasteiger partial charge in [0.1, 0.15) is 0 Å². The lowest BCUT2D eigenvalue weighted by atomic mass is 10.2. The Morgan fingerprint density at radius 1 is 1.24 bits per heavy atom. The molecule has 0 aromatic heterocycles. The molecule has 1 aromatic carbocycles. The number of thiocarbonyl (C=S) groups is 1. The van der Waals surface area contributed by atoms with Crippen molar-refractivity contribution in [1.29, 1.82) is 0 Å². The highest BCUT2D eigenvalue weighted by Gasteiger charge is 2.63. The Hall–Kier alpha value is -1.30. The van der Waals surface area contributed by atoms with Crippen LogP contribution in [0.15, 0.2) is 23.2 Å². The molecule has 0 saturated heterocycles. The van der Waals surface area contributed by atoms with Crippen molar-refractivity contribution in [1.82, 2.24) is 0 Å². The second kappa shape index (κ2) is 3.87. The first-order chi connectivity index (χ1) is 7.86. The minimum atomic E-state index is -4.28. The van der Waals surface area contributed by atoms with Crippen LogP contribution in [0.4, 0.5) is 18.9 Å². The van der Waals surface area contributed by atoms with Crippen LogP contribution in [0, 0.1) is 0 Å². The molecule has 0 saturated carbocycles. The van der Waals surface area contributed by atoms with E-state index in [1.807, 2.05) is 0 Å². The quantitative estimate of drug-likeness (QED) is 0.447. The zero-order chi connectivity index (χ0) is 12.7. The summed E-state index contributed by atoms with van der Waals surface area (Å²) in [5.41, 5.74) is 0.250. The molecule has 90 valence electrons. The Morgan fingerprint density at radius 2 is 1.94 bits per heavy atom. The van der Waals surface area contributed by atoms with E-state index < -0.39 is 11.4 Å². The van der Waals surface area contributed by atoms with Crippen molar-refractivity contribution in [2.75, 3.05) is 0 Å². The number of hydrogen-bond acceptors (Lipinski definition) is 4. The average molecular weight is 282 g/mol. The van der Waals surface area contributed by atoms with Crippen LogP contribution in [0.3, 0.4) is 0 Å². The molecule has 17 heavy (non-hydrogen) atoms. The van der Waals surface area contributed by atoms with Crippen molar-refractivity contribution in [2.24, 2.45) is 4.99 Å². The standard InChI is InChI=1S/C9H3ClF3NO2S/c10-8(11)9(12,13)16-6-2-1-5(14-4-17)3-7(6)15-8/h1-3H. The Labute approximate surface area is 104 Å². The summed E-state index contributed by atoms with van der Waals surface area (Å²) in [6.45, 7) is 0. The summed E-state index contributed by atoms with van der Waals surface area (Å²) in [4.78, 5) is 3.58. The molecule has 1 aliphatic heterocycles. The molecule has 1 aliphatic rings. The highest BCUT2D eigenvalue weighted by Crippen LogP contribution is 2.48.